The molecule has 0 spiro atoms. The topological polar surface area (TPSA) is 58.2 Å². The highest BCUT2D eigenvalue weighted by Crippen LogP contribution is 2.15. The van der Waals surface area contributed by atoms with E-state index in [9.17, 15) is 9.59 Å². The first-order valence-electron chi connectivity index (χ1n) is 9.04. The summed E-state index contributed by atoms with van der Waals surface area (Å²) in [7, 11) is 0. The van der Waals surface area contributed by atoms with Crippen molar-refractivity contribution < 1.29 is 9.59 Å². The normalized spacial score (nSPS) is 11.0. The molecule has 0 atom stereocenters. The molecule has 0 aliphatic carbocycles. The van der Waals surface area contributed by atoms with E-state index in [1.54, 1.807) is 18.2 Å². The molecule has 0 bridgehead atoms. The van der Waals surface area contributed by atoms with Crippen LogP contribution in [0.1, 0.15) is 27.0 Å². The largest absolute Gasteiger partial charge is 0.320 e. The summed E-state index contributed by atoms with van der Waals surface area (Å²) in [5, 5.41) is 5.63. The zero-order valence-electron chi connectivity index (χ0n) is 15.9. The molecule has 0 unspecified atom stereocenters. The minimum absolute atomic E-state index is 0.181. The summed E-state index contributed by atoms with van der Waals surface area (Å²) in [6.07, 6.45) is 1.67. The van der Waals surface area contributed by atoms with Crippen LogP contribution in [0, 0.1) is 13.8 Å². The predicted octanol–water partition coefficient (Wildman–Crippen LogP) is 4.71. The van der Waals surface area contributed by atoms with Crippen molar-refractivity contribution in [3.63, 3.8) is 0 Å². The Balaban J connectivity index is 1.87. The molecule has 2 N–H and O–H groups in total. The maximum atomic E-state index is 12.9. The Kier molecular flexibility index (Phi) is 6.02. The number of aryl methyl sites for hydroxylation is 2. The molecule has 4 heteroatoms. The molecule has 0 aromatic heterocycles. The first-order valence-corrected chi connectivity index (χ1v) is 9.04. The lowest BCUT2D eigenvalue weighted by Crippen LogP contribution is -2.30. The van der Waals surface area contributed by atoms with Crippen LogP contribution in [-0.4, -0.2) is 11.8 Å². The SMILES string of the molecule is Cc1ccc(C(=O)N/C(=C/c2ccccc2)C(=O)Nc2ccccc2C)cc1. The van der Waals surface area contributed by atoms with Crippen molar-refractivity contribution in [3.8, 4) is 0 Å². The van der Waals surface area contributed by atoms with Gasteiger partial charge in [-0.2, -0.15) is 0 Å². The average Bonchev–Trinajstić information content (AvgIpc) is 2.70. The van der Waals surface area contributed by atoms with Crippen molar-refractivity contribution in [3.05, 3.63) is 107 Å². The summed E-state index contributed by atoms with van der Waals surface area (Å²) in [6, 6.07) is 24.1. The number of benzene rings is 3. The molecule has 0 saturated carbocycles. The van der Waals surface area contributed by atoms with E-state index in [0.717, 1.165) is 16.7 Å². The third kappa shape index (κ3) is 4.95. The summed E-state index contributed by atoms with van der Waals surface area (Å²) in [5.41, 5.74) is 4.21. The summed E-state index contributed by atoms with van der Waals surface area (Å²) in [5.74, 6) is -0.708. The Bertz CT molecular complexity index is 1010. The van der Waals surface area contributed by atoms with Gasteiger partial charge in [0.2, 0.25) is 0 Å². The van der Waals surface area contributed by atoms with E-state index in [1.165, 1.54) is 0 Å². The summed E-state index contributed by atoms with van der Waals surface area (Å²) in [6.45, 7) is 3.87. The number of anilines is 1. The molecule has 0 fully saturated rings. The third-order valence-corrected chi connectivity index (χ3v) is 4.31. The van der Waals surface area contributed by atoms with E-state index in [2.05, 4.69) is 10.6 Å². The highest BCUT2D eigenvalue weighted by atomic mass is 16.2. The monoisotopic (exact) mass is 370 g/mol. The number of carbonyl (C=O) groups excluding carboxylic acids is 2. The van der Waals surface area contributed by atoms with Crippen LogP contribution in [0.3, 0.4) is 0 Å². The van der Waals surface area contributed by atoms with Crippen molar-refractivity contribution in [2.45, 2.75) is 13.8 Å². The number of carbonyl (C=O) groups is 2. The van der Waals surface area contributed by atoms with Gasteiger partial charge in [-0.3, -0.25) is 9.59 Å². The van der Waals surface area contributed by atoms with Gasteiger partial charge in [-0.25, -0.2) is 0 Å². The number of hydrogen-bond acceptors (Lipinski definition) is 2. The van der Waals surface area contributed by atoms with Crippen molar-refractivity contribution in [1.82, 2.24) is 5.32 Å². The van der Waals surface area contributed by atoms with E-state index in [1.807, 2.05) is 80.6 Å². The molecule has 4 nitrogen and oxygen atoms in total. The number of rotatable bonds is 5. The Labute approximate surface area is 164 Å². The Hall–Kier alpha value is -3.66. The molecule has 3 aromatic rings. The smallest absolute Gasteiger partial charge is 0.272 e. The van der Waals surface area contributed by atoms with Crippen molar-refractivity contribution >= 4 is 23.6 Å². The molecule has 28 heavy (non-hydrogen) atoms. The number of para-hydroxylation sites is 1. The lowest BCUT2D eigenvalue weighted by Gasteiger charge is -2.13. The third-order valence-electron chi connectivity index (χ3n) is 4.31. The molecule has 0 saturated heterocycles. The van der Waals surface area contributed by atoms with Crippen molar-refractivity contribution in [2.75, 3.05) is 5.32 Å². The van der Waals surface area contributed by atoms with Gasteiger partial charge < -0.3 is 10.6 Å². The van der Waals surface area contributed by atoms with Crippen molar-refractivity contribution in [1.29, 1.82) is 0 Å². The molecule has 0 aliphatic heterocycles. The second-order valence-electron chi connectivity index (χ2n) is 6.56. The second-order valence-corrected chi connectivity index (χ2v) is 6.56. The Morgan fingerprint density at radius 2 is 1.43 bits per heavy atom. The first-order chi connectivity index (χ1) is 13.5. The van der Waals surface area contributed by atoms with Gasteiger partial charge in [-0.1, -0.05) is 66.2 Å². The molecule has 2 amide bonds. The van der Waals surface area contributed by atoms with Crippen LogP contribution in [0.4, 0.5) is 5.69 Å². The van der Waals surface area contributed by atoms with Gasteiger partial charge in [0.15, 0.2) is 0 Å². The number of hydrogen-bond donors (Lipinski definition) is 2. The van der Waals surface area contributed by atoms with E-state index in [-0.39, 0.29) is 17.5 Å². The Morgan fingerprint density at radius 3 is 2.11 bits per heavy atom. The zero-order valence-corrected chi connectivity index (χ0v) is 15.9. The standard InChI is InChI=1S/C24H22N2O2/c1-17-12-14-20(15-13-17)23(27)26-22(16-19-9-4-3-5-10-19)24(28)25-21-11-7-6-8-18(21)2/h3-16H,1-2H3,(H,25,28)(H,26,27)/b22-16+. The fourth-order valence-corrected chi connectivity index (χ4v) is 2.68. The van der Waals surface area contributed by atoms with E-state index < -0.39 is 0 Å². The summed E-state index contributed by atoms with van der Waals surface area (Å²) in [4.78, 5) is 25.5. The maximum Gasteiger partial charge on any atom is 0.272 e. The first kappa shape index (κ1) is 19.1. The van der Waals surface area contributed by atoms with Crippen LogP contribution in [0.15, 0.2) is 84.6 Å². The number of nitrogens with one attached hydrogen (secondary N) is 2. The van der Waals surface area contributed by atoms with E-state index in [0.29, 0.717) is 11.3 Å². The van der Waals surface area contributed by atoms with E-state index >= 15 is 0 Å². The van der Waals surface area contributed by atoms with Gasteiger partial charge in [0.05, 0.1) is 0 Å². The molecule has 140 valence electrons. The van der Waals surface area contributed by atoms with Crippen molar-refractivity contribution in [2.24, 2.45) is 0 Å². The van der Waals surface area contributed by atoms with Gasteiger partial charge >= 0.3 is 0 Å². The van der Waals surface area contributed by atoms with Gasteiger partial charge in [0, 0.05) is 11.3 Å². The van der Waals surface area contributed by atoms with Gasteiger partial charge in [-0.15, -0.1) is 0 Å². The van der Waals surface area contributed by atoms with Crippen LogP contribution in [-0.2, 0) is 4.79 Å². The lowest BCUT2D eigenvalue weighted by atomic mass is 10.1. The quantitative estimate of drug-likeness (QED) is 0.639. The highest BCUT2D eigenvalue weighted by molar-refractivity contribution is 6.10. The fourth-order valence-electron chi connectivity index (χ4n) is 2.68. The molecular weight excluding hydrogens is 348 g/mol. The minimum atomic E-state index is -0.376. The van der Waals surface area contributed by atoms with Crippen LogP contribution in [0.25, 0.3) is 6.08 Å². The second kappa shape index (κ2) is 8.82. The van der Waals surface area contributed by atoms with E-state index in [4.69, 9.17) is 0 Å². The number of amides is 2. The molecular formula is C24H22N2O2. The predicted molar refractivity (Wildman–Crippen MR) is 113 cm³/mol. The molecule has 3 aromatic carbocycles. The van der Waals surface area contributed by atoms with Crippen LogP contribution in [0.2, 0.25) is 0 Å². The molecule has 0 aliphatic rings. The maximum absolute atomic E-state index is 12.9. The molecule has 3 rings (SSSR count). The molecule has 0 radical (unpaired) electrons. The molecule has 0 heterocycles. The van der Waals surface area contributed by atoms with Gasteiger partial charge in [0.1, 0.15) is 5.70 Å². The van der Waals surface area contributed by atoms with Gasteiger partial charge in [0.25, 0.3) is 11.8 Å². The van der Waals surface area contributed by atoms with Crippen LogP contribution < -0.4 is 10.6 Å². The average molecular weight is 370 g/mol. The minimum Gasteiger partial charge on any atom is -0.320 e. The Morgan fingerprint density at radius 1 is 0.786 bits per heavy atom. The van der Waals surface area contributed by atoms with Crippen LogP contribution >= 0.6 is 0 Å². The summed E-state index contributed by atoms with van der Waals surface area (Å²) >= 11 is 0. The van der Waals surface area contributed by atoms with Crippen LogP contribution in [0.5, 0.6) is 0 Å². The van der Waals surface area contributed by atoms with Gasteiger partial charge in [-0.05, 0) is 49.2 Å². The highest BCUT2D eigenvalue weighted by Gasteiger charge is 2.15. The fraction of sp³-hybridized carbons (Fsp3) is 0.0833. The zero-order chi connectivity index (χ0) is 19.9. The summed E-state index contributed by atoms with van der Waals surface area (Å²) < 4.78 is 0. The lowest BCUT2D eigenvalue weighted by molar-refractivity contribution is -0.113.